The van der Waals surface area contributed by atoms with Crippen LogP contribution in [-0.4, -0.2) is 56.2 Å². The molecule has 4 heterocycles. The number of fused-ring (bicyclic) bond motifs is 2. The van der Waals surface area contributed by atoms with Crippen LogP contribution < -0.4 is 16.6 Å². The lowest BCUT2D eigenvalue weighted by Crippen LogP contribution is -2.36. The molecular weight excluding hydrogens is 500 g/mol. The SMILES string of the molecule is CC(O)c1c(C(=O)N[C@@H]2CCN(C)C2)sc2nc(N)c(=O)n(-c3ccc4ccn(-c5ccccc5)c4c3)c12. The molecule has 38 heavy (non-hydrogen) atoms. The van der Waals surface area contributed by atoms with Gasteiger partial charge in [0.15, 0.2) is 5.82 Å². The zero-order chi connectivity index (χ0) is 26.6. The number of hydrogen-bond donors (Lipinski definition) is 3. The number of rotatable bonds is 5. The number of carbonyl (C=O) groups is 1. The van der Waals surface area contributed by atoms with Crippen LogP contribution in [0.25, 0.3) is 32.6 Å². The maximum absolute atomic E-state index is 13.5. The Bertz CT molecular complexity index is 1740. The second kappa shape index (κ2) is 9.39. The van der Waals surface area contributed by atoms with Crippen LogP contribution >= 0.6 is 11.3 Å². The highest BCUT2D eigenvalue weighted by molar-refractivity contribution is 7.20. The maximum Gasteiger partial charge on any atom is 0.298 e. The zero-order valence-corrected chi connectivity index (χ0v) is 21.9. The molecule has 0 bridgehead atoms. The Kier molecular flexibility index (Phi) is 6.02. The predicted octanol–water partition coefficient (Wildman–Crippen LogP) is 3.46. The number of anilines is 1. The third-order valence-corrected chi connectivity index (χ3v) is 8.18. The van der Waals surface area contributed by atoms with E-state index in [0.29, 0.717) is 26.5 Å². The molecule has 0 saturated carbocycles. The number of aliphatic hydroxyl groups excluding tert-OH is 1. The summed E-state index contributed by atoms with van der Waals surface area (Å²) in [5, 5.41) is 14.9. The highest BCUT2D eigenvalue weighted by Crippen LogP contribution is 2.36. The van der Waals surface area contributed by atoms with E-state index in [0.717, 1.165) is 47.4 Å². The number of nitrogens with one attached hydrogen (secondary N) is 1. The number of hydrogen-bond acceptors (Lipinski definition) is 7. The fourth-order valence-corrected chi connectivity index (χ4v) is 6.43. The molecular formula is C28H28N6O3S. The summed E-state index contributed by atoms with van der Waals surface area (Å²) in [5.74, 6) is -0.450. The number of likely N-dealkylation sites (tertiary alicyclic amines) is 1. The first-order valence-electron chi connectivity index (χ1n) is 12.5. The highest BCUT2D eigenvalue weighted by Gasteiger charge is 2.29. The van der Waals surface area contributed by atoms with E-state index in [1.54, 1.807) is 6.92 Å². The van der Waals surface area contributed by atoms with E-state index < -0.39 is 11.7 Å². The van der Waals surface area contributed by atoms with Gasteiger partial charge in [0.2, 0.25) is 0 Å². The van der Waals surface area contributed by atoms with Gasteiger partial charge in [-0.3, -0.25) is 14.2 Å². The van der Waals surface area contributed by atoms with Crippen molar-refractivity contribution in [1.82, 2.24) is 24.3 Å². The number of nitrogens with two attached hydrogens (primary N) is 1. The number of likely N-dealkylation sites (N-methyl/N-ethyl adjacent to an activating group) is 1. The molecule has 1 saturated heterocycles. The van der Waals surface area contributed by atoms with E-state index in [1.165, 1.54) is 4.57 Å². The molecule has 1 amide bonds. The quantitative estimate of drug-likeness (QED) is 0.322. The first kappa shape index (κ1) is 24.4. The van der Waals surface area contributed by atoms with E-state index in [4.69, 9.17) is 5.73 Å². The predicted molar refractivity (Wildman–Crippen MR) is 150 cm³/mol. The van der Waals surface area contributed by atoms with Crippen LogP contribution in [0.4, 0.5) is 5.82 Å². The van der Waals surface area contributed by atoms with Crippen molar-refractivity contribution in [3.8, 4) is 11.4 Å². The number of benzene rings is 2. The Labute approximate surface area is 222 Å². The van der Waals surface area contributed by atoms with Crippen molar-refractivity contribution >= 4 is 44.3 Å². The minimum Gasteiger partial charge on any atom is -0.389 e. The second-order valence-corrected chi connectivity index (χ2v) is 10.8. The number of aliphatic hydroxyl groups is 1. The van der Waals surface area contributed by atoms with Crippen LogP contribution in [0, 0.1) is 0 Å². The van der Waals surface area contributed by atoms with Crippen LogP contribution in [-0.2, 0) is 0 Å². The van der Waals surface area contributed by atoms with E-state index in [9.17, 15) is 14.7 Å². The molecule has 1 unspecified atom stereocenters. The third-order valence-electron chi connectivity index (χ3n) is 7.09. The Hall–Kier alpha value is -3.99. The van der Waals surface area contributed by atoms with Crippen molar-refractivity contribution in [1.29, 1.82) is 0 Å². The van der Waals surface area contributed by atoms with Crippen molar-refractivity contribution in [3.63, 3.8) is 0 Å². The summed E-state index contributed by atoms with van der Waals surface area (Å²) < 4.78 is 3.52. The van der Waals surface area contributed by atoms with Gasteiger partial charge in [-0.2, -0.15) is 0 Å². The van der Waals surface area contributed by atoms with Crippen LogP contribution in [0.2, 0.25) is 0 Å². The molecule has 194 valence electrons. The van der Waals surface area contributed by atoms with Crippen molar-refractivity contribution in [2.24, 2.45) is 0 Å². The molecule has 1 fully saturated rings. The molecule has 4 N–H and O–H groups in total. The van der Waals surface area contributed by atoms with Gasteiger partial charge < -0.3 is 25.6 Å². The number of nitrogen functional groups attached to an aromatic ring is 1. The number of nitrogens with zero attached hydrogens (tertiary/aromatic N) is 4. The minimum absolute atomic E-state index is 0.0213. The average Bonchev–Trinajstić information content (AvgIpc) is 3.61. The monoisotopic (exact) mass is 528 g/mol. The van der Waals surface area contributed by atoms with Crippen molar-refractivity contribution in [2.45, 2.75) is 25.5 Å². The number of carbonyl (C=O) groups excluding carboxylic acids is 1. The summed E-state index contributed by atoms with van der Waals surface area (Å²) in [7, 11) is 2.02. The Balaban J connectivity index is 1.54. The summed E-state index contributed by atoms with van der Waals surface area (Å²) >= 11 is 1.14. The molecule has 6 rings (SSSR count). The summed E-state index contributed by atoms with van der Waals surface area (Å²) in [5.41, 5.74) is 8.82. The smallest absolute Gasteiger partial charge is 0.298 e. The van der Waals surface area contributed by atoms with E-state index in [2.05, 4.69) is 15.2 Å². The van der Waals surface area contributed by atoms with Gasteiger partial charge in [0.05, 0.1) is 22.8 Å². The maximum atomic E-state index is 13.5. The van der Waals surface area contributed by atoms with E-state index in [1.807, 2.05) is 72.4 Å². The molecule has 1 aliphatic rings. The molecule has 0 radical (unpaired) electrons. The molecule has 1 aliphatic heterocycles. The lowest BCUT2D eigenvalue weighted by Gasteiger charge is -2.15. The zero-order valence-electron chi connectivity index (χ0n) is 21.1. The van der Waals surface area contributed by atoms with Crippen LogP contribution in [0.5, 0.6) is 0 Å². The van der Waals surface area contributed by atoms with Gasteiger partial charge >= 0.3 is 0 Å². The summed E-state index contributed by atoms with van der Waals surface area (Å²) in [6.45, 7) is 3.26. The Morgan fingerprint density at radius 1 is 1.18 bits per heavy atom. The fourth-order valence-electron chi connectivity index (χ4n) is 5.26. The van der Waals surface area contributed by atoms with Gasteiger partial charge in [-0.1, -0.05) is 24.3 Å². The average molecular weight is 529 g/mol. The fraction of sp³-hybridized carbons (Fsp3) is 0.250. The molecule has 3 aromatic heterocycles. The summed E-state index contributed by atoms with van der Waals surface area (Å²) in [6, 6.07) is 17.7. The minimum atomic E-state index is -1.01. The summed E-state index contributed by atoms with van der Waals surface area (Å²) in [4.78, 5) is 34.1. The van der Waals surface area contributed by atoms with Crippen LogP contribution in [0.1, 0.15) is 34.7 Å². The topological polar surface area (TPSA) is 118 Å². The Morgan fingerprint density at radius 2 is 1.97 bits per heavy atom. The highest BCUT2D eigenvalue weighted by atomic mass is 32.1. The largest absolute Gasteiger partial charge is 0.389 e. The lowest BCUT2D eigenvalue weighted by atomic mass is 10.1. The van der Waals surface area contributed by atoms with Crippen LogP contribution in [0.15, 0.2) is 65.6 Å². The van der Waals surface area contributed by atoms with E-state index in [-0.39, 0.29) is 17.8 Å². The van der Waals surface area contributed by atoms with Gasteiger partial charge in [-0.25, -0.2) is 4.98 Å². The van der Waals surface area contributed by atoms with Crippen molar-refractivity contribution in [3.05, 3.63) is 81.6 Å². The van der Waals surface area contributed by atoms with E-state index >= 15 is 0 Å². The first-order chi connectivity index (χ1) is 18.3. The normalized spacial score (nSPS) is 16.9. The van der Waals surface area contributed by atoms with Crippen LogP contribution in [0.3, 0.4) is 0 Å². The number of thiophene rings is 1. The summed E-state index contributed by atoms with van der Waals surface area (Å²) in [6.07, 6.45) is 1.83. The van der Waals surface area contributed by atoms with Crippen molar-refractivity contribution in [2.75, 3.05) is 25.9 Å². The second-order valence-electron chi connectivity index (χ2n) is 9.80. The molecule has 2 aromatic carbocycles. The number of aromatic nitrogens is 3. The Morgan fingerprint density at radius 3 is 2.68 bits per heavy atom. The van der Waals surface area contributed by atoms with Gasteiger partial charge in [0.25, 0.3) is 11.5 Å². The van der Waals surface area contributed by atoms with Crippen molar-refractivity contribution < 1.29 is 9.90 Å². The number of para-hydroxylation sites is 1. The van der Waals surface area contributed by atoms with Gasteiger partial charge in [-0.05, 0) is 57.3 Å². The van der Waals surface area contributed by atoms with Gasteiger partial charge in [0, 0.05) is 35.4 Å². The van der Waals surface area contributed by atoms with Gasteiger partial charge in [0.1, 0.15) is 9.71 Å². The first-order valence-corrected chi connectivity index (χ1v) is 13.3. The molecule has 0 aliphatic carbocycles. The molecule has 0 spiro atoms. The number of amides is 1. The molecule has 9 nitrogen and oxygen atoms in total. The molecule has 10 heteroatoms. The standard InChI is InChI=1S/C28H28N6O3S/c1-16(35)22-23-27(38-24(22)26(36)30-18-11-12-32(2)15-18)31-25(29)28(37)34(23)20-9-8-17-10-13-33(21(17)14-20)19-6-4-3-5-7-19/h3-10,13-14,16,18,35H,11-12,15H2,1-2H3,(H2,29,31)(H,30,36)/t16?,18-/m1/s1. The molecule has 2 atom stereocenters. The third kappa shape index (κ3) is 4.07. The lowest BCUT2D eigenvalue weighted by molar-refractivity contribution is 0.0937. The van der Waals surface area contributed by atoms with Gasteiger partial charge in [-0.15, -0.1) is 11.3 Å². The molecule has 5 aromatic rings.